The summed E-state index contributed by atoms with van der Waals surface area (Å²) in [6, 6.07) is 18.9. The number of hydrogen-bond acceptors (Lipinski definition) is 3. The minimum atomic E-state index is 0.794. The molecule has 2 aromatic carbocycles. The van der Waals surface area contributed by atoms with Gasteiger partial charge in [-0.05, 0) is 18.6 Å². The normalized spacial score (nSPS) is 11.1. The summed E-state index contributed by atoms with van der Waals surface area (Å²) in [6.45, 7) is 2.95. The van der Waals surface area contributed by atoms with E-state index in [0.717, 1.165) is 17.4 Å². The van der Waals surface area contributed by atoms with Crippen molar-refractivity contribution >= 4 is 27.4 Å². The lowest BCUT2D eigenvalue weighted by molar-refractivity contribution is 0.919. The van der Waals surface area contributed by atoms with Crippen LogP contribution in [0.25, 0.3) is 22.2 Å². The number of rotatable bonds is 4. The highest BCUT2D eigenvalue weighted by atomic mass is 32.1. The third-order valence-corrected chi connectivity index (χ3v) is 5.25. The first-order valence-electron chi connectivity index (χ1n) is 8.02. The first-order valence-corrected chi connectivity index (χ1v) is 8.89. The Morgan fingerprint density at radius 2 is 1.79 bits per heavy atom. The fourth-order valence-corrected chi connectivity index (χ4v) is 3.79. The lowest BCUT2D eigenvalue weighted by atomic mass is 10.1. The lowest BCUT2D eigenvalue weighted by Gasteiger charge is -2.02. The van der Waals surface area contributed by atoms with E-state index in [2.05, 4.69) is 77.8 Å². The van der Waals surface area contributed by atoms with Crippen LogP contribution in [-0.2, 0) is 13.6 Å². The Labute approximate surface area is 145 Å². The van der Waals surface area contributed by atoms with Gasteiger partial charge in [0.15, 0.2) is 5.13 Å². The van der Waals surface area contributed by atoms with Crippen LogP contribution >= 0.6 is 11.3 Å². The fraction of sp³-hybridized carbons (Fsp3) is 0.150. The average Bonchev–Trinajstić information content (AvgIpc) is 3.18. The smallest absolute Gasteiger partial charge is 0.183 e. The number of nitrogens with one attached hydrogen (secondary N) is 1. The molecule has 4 heteroatoms. The van der Waals surface area contributed by atoms with E-state index in [9.17, 15) is 0 Å². The number of hydrogen-bond donors (Lipinski definition) is 1. The van der Waals surface area contributed by atoms with Gasteiger partial charge in [-0.1, -0.05) is 48.5 Å². The molecule has 0 bridgehead atoms. The van der Waals surface area contributed by atoms with Crippen molar-refractivity contribution in [2.45, 2.75) is 13.5 Å². The van der Waals surface area contributed by atoms with Gasteiger partial charge in [-0.3, -0.25) is 0 Å². The minimum Gasteiger partial charge on any atom is -0.357 e. The zero-order valence-corrected chi connectivity index (χ0v) is 14.6. The van der Waals surface area contributed by atoms with Crippen molar-refractivity contribution in [3.05, 3.63) is 71.2 Å². The summed E-state index contributed by atoms with van der Waals surface area (Å²) in [5.74, 6) is 0. The molecule has 1 N–H and O–H groups in total. The molecule has 3 nitrogen and oxygen atoms in total. The molecule has 0 amide bonds. The highest BCUT2D eigenvalue weighted by Gasteiger charge is 2.15. The molecule has 0 spiro atoms. The topological polar surface area (TPSA) is 29.9 Å². The monoisotopic (exact) mass is 333 g/mol. The van der Waals surface area contributed by atoms with Crippen molar-refractivity contribution in [2.75, 3.05) is 5.32 Å². The van der Waals surface area contributed by atoms with E-state index in [1.807, 2.05) is 6.07 Å². The first-order chi connectivity index (χ1) is 11.7. The van der Waals surface area contributed by atoms with Crippen LogP contribution in [0, 0.1) is 6.92 Å². The van der Waals surface area contributed by atoms with Gasteiger partial charge in [0.2, 0.25) is 0 Å². The van der Waals surface area contributed by atoms with E-state index in [-0.39, 0.29) is 0 Å². The third kappa shape index (κ3) is 2.59. The van der Waals surface area contributed by atoms with Gasteiger partial charge in [0, 0.05) is 41.1 Å². The standard InChI is InChI=1S/C20H19N3S/c1-14-19(16-10-6-7-11-18(16)23(14)2)17-13-24-20(22-17)21-12-15-8-4-3-5-9-15/h3-11,13H,12H2,1-2H3,(H,21,22). The predicted molar refractivity (Wildman–Crippen MR) is 103 cm³/mol. The molecule has 2 aromatic heterocycles. The SMILES string of the molecule is Cc1c(-c2csc(NCc3ccccc3)n2)c2ccccc2n1C. The minimum absolute atomic E-state index is 0.794. The van der Waals surface area contributed by atoms with Crippen LogP contribution in [0.4, 0.5) is 5.13 Å². The summed E-state index contributed by atoms with van der Waals surface area (Å²) < 4.78 is 2.24. The summed E-state index contributed by atoms with van der Waals surface area (Å²) >= 11 is 1.66. The maximum absolute atomic E-state index is 4.81. The van der Waals surface area contributed by atoms with Crippen LogP contribution < -0.4 is 5.32 Å². The van der Waals surface area contributed by atoms with Crippen molar-refractivity contribution in [1.29, 1.82) is 0 Å². The molecule has 0 saturated heterocycles. The first kappa shape index (κ1) is 15.0. The number of anilines is 1. The van der Waals surface area contributed by atoms with Crippen LogP contribution in [0.1, 0.15) is 11.3 Å². The van der Waals surface area contributed by atoms with Crippen molar-refractivity contribution in [3.63, 3.8) is 0 Å². The second-order valence-corrected chi connectivity index (χ2v) is 6.77. The van der Waals surface area contributed by atoms with Crippen molar-refractivity contribution in [1.82, 2.24) is 9.55 Å². The Balaban J connectivity index is 1.65. The van der Waals surface area contributed by atoms with Crippen LogP contribution in [0.3, 0.4) is 0 Å². The van der Waals surface area contributed by atoms with E-state index in [4.69, 9.17) is 4.98 Å². The van der Waals surface area contributed by atoms with Crippen molar-refractivity contribution < 1.29 is 0 Å². The highest BCUT2D eigenvalue weighted by molar-refractivity contribution is 7.14. The highest BCUT2D eigenvalue weighted by Crippen LogP contribution is 2.35. The predicted octanol–water partition coefficient (Wildman–Crippen LogP) is 5.22. The molecule has 0 unspecified atom stereocenters. The molecule has 0 fully saturated rings. The molecule has 0 aliphatic rings. The largest absolute Gasteiger partial charge is 0.357 e. The second-order valence-electron chi connectivity index (χ2n) is 5.91. The Hall–Kier alpha value is -2.59. The van der Waals surface area contributed by atoms with E-state index in [1.54, 1.807) is 11.3 Å². The number of aryl methyl sites for hydroxylation is 1. The Morgan fingerprint density at radius 1 is 1.04 bits per heavy atom. The summed E-state index contributed by atoms with van der Waals surface area (Å²) in [5.41, 5.74) is 6.03. The Morgan fingerprint density at radius 3 is 2.62 bits per heavy atom. The molecular formula is C20H19N3S. The van der Waals surface area contributed by atoms with Gasteiger partial charge in [-0.25, -0.2) is 4.98 Å². The summed E-state index contributed by atoms with van der Waals surface area (Å²) in [4.78, 5) is 4.81. The molecule has 0 atom stereocenters. The number of aromatic nitrogens is 2. The van der Waals surface area contributed by atoms with Gasteiger partial charge in [-0.15, -0.1) is 11.3 Å². The zero-order valence-electron chi connectivity index (χ0n) is 13.8. The molecule has 0 saturated carbocycles. The van der Waals surface area contributed by atoms with Crippen LogP contribution in [0.5, 0.6) is 0 Å². The van der Waals surface area contributed by atoms with E-state index in [1.165, 1.54) is 27.7 Å². The van der Waals surface area contributed by atoms with Gasteiger partial charge in [0.05, 0.1) is 5.69 Å². The maximum atomic E-state index is 4.81. The third-order valence-electron chi connectivity index (χ3n) is 4.45. The zero-order chi connectivity index (χ0) is 16.5. The van der Waals surface area contributed by atoms with Gasteiger partial charge in [0.1, 0.15) is 0 Å². The van der Waals surface area contributed by atoms with Crippen molar-refractivity contribution in [3.8, 4) is 11.3 Å². The second kappa shape index (κ2) is 6.13. The quantitative estimate of drug-likeness (QED) is 0.555. The molecular weight excluding hydrogens is 314 g/mol. The van der Waals surface area contributed by atoms with E-state index < -0.39 is 0 Å². The van der Waals surface area contributed by atoms with E-state index >= 15 is 0 Å². The summed E-state index contributed by atoms with van der Waals surface area (Å²) in [5, 5.41) is 7.79. The maximum Gasteiger partial charge on any atom is 0.183 e. The number of nitrogens with zero attached hydrogens (tertiary/aromatic N) is 2. The molecule has 2 heterocycles. The van der Waals surface area contributed by atoms with Crippen LogP contribution in [-0.4, -0.2) is 9.55 Å². The lowest BCUT2D eigenvalue weighted by Crippen LogP contribution is -1.98. The molecule has 4 rings (SSSR count). The molecule has 120 valence electrons. The van der Waals surface area contributed by atoms with E-state index in [0.29, 0.717) is 0 Å². The number of benzene rings is 2. The summed E-state index contributed by atoms with van der Waals surface area (Å²) in [7, 11) is 2.11. The molecule has 4 aromatic rings. The molecule has 0 radical (unpaired) electrons. The van der Waals surface area contributed by atoms with Gasteiger partial charge >= 0.3 is 0 Å². The molecule has 0 aliphatic carbocycles. The molecule has 24 heavy (non-hydrogen) atoms. The van der Waals surface area contributed by atoms with Crippen LogP contribution in [0.2, 0.25) is 0 Å². The van der Waals surface area contributed by atoms with Crippen LogP contribution in [0.15, 0.2) is 60.0 Å². The molecule has 0 aliphatic heterocycles. The number of para-hydroxylation sites is 1. The fourth-order valence-electron chi connectivity index (χ4n) is 3.09. The van der Waals surface area contributed by atoms with Crippen molar-refractivity contribution in [2.24, 2.45) is 7.05 Å². The Kier molecular flexibility index (Phi) is 3.82. The van der Waals surface area contributed by atoms with Gasteiger partial charge < -0.3 is 9.88 Å². The number of thiazole rings is 1. The Bertz CT molecular complexity index is 983. The summed E-state index contributed by atoms with van der Waals surface area (Å²) in [6.07, 6.45) is 0. The van der Waals surface area contributed by atoms with Gasteiger partial charge in [0.25, 0.3) is 0 Å². The van der Waals surface area contributed by atoms with Gasteiger partial charge in [-0.2, -0.15) is 0 Å². The number of fused-ring (bicyclic) bond motifs is 1. The average molecular weight is 333 g/mol.